The van der Waals surface area contributed by atoms with Crippen LogP contribution in [0.15, 0.2) is 0 Å². The summed E-state index contributed by atoms with van der Waals surface area (Å²) in [4.78, 5) is 0. The molecule has 0 amide bonds. The van der Waals surface area contributed by atoms with Gasteiger partial charge >= 0.3 is 0 Å². The normalized spacial score (nSPS) is 26.4. The van der Waals surface area contributed by atoms with Gasteiger partial charge in [-0.05, 0) is 25.8 Å². The molecule has 3 unspecified atom stereocenters. The van der Waals surface area contributed by atoms with E-state index in [-0.39, 0.29) is 12.2 Å². The van der Waals surface area contributed by atoms with E-state index in [0.29, 0.717) is 19.3 Å². The molecule has 114 valence electrons. The van der Waals surface area contributed by atoms with Crippen LogP contribution in [0.25, 0.3) is 0 Å². The second-order valence-corrected chi connectivity index (χ2v) is 5.24. The van der Waals surface area contributed by atoms with Gasteiger partial charge in [0.15, 0.2) is 0 Å². The largest absolute Gasteiger partial charge is 0.382 e. The molecule has 0 radical (unpaired) electrons. The number of hydrogen-bond donors (Lipinski definition) is 1. The molecule has 1 aliphatic rings. The molecule has 0 aliphatic heterocycles. The van der Waals surface area contributed by atoms with Crippen LogP contribution in [-0.4, -0.2) is 51.7 Å². The lowest BCUT2D eigenvalue weighted by Gasteiger charge is -2.44. The van der Waals surface area contributed by atoms with Crippen molar-refractivity contribution in [2.24, 2.45) is 0 Å². The summed E-state index contributed by atoms with van der Waals surface area (Å²) in [5.74, 6) is 0. The van der Waals surface area contributed by atoms with Crippen LogP contribution in [0, 0.1) is 0 Å². The van der Waals surface area contributed by atoms with Gasteiger partial charge in [-0.3, -0.25) is 0 Å². The van der Waals surface area contributed by atoms with Crippen LogP contribution in [0.1, 0.15) is 46.0 Å². The predicted molar refractivity (Wildman–Crippen MR) is 77.6 cm³/mol. The second-order valence-electron chi connectivity index (χ2n) is 5.24. The lowest BCUT2D eigenvalue weighted by Crippen LogP contribution is -2.60. The molecule has 4 heteroatoms. The average Bonchev–Trinajstić information content (AvgIpc) is 2.41. The monoisotopic (exact) mass is 273 g/mol. The maximum Gasteiger partial charge on any atom is 0.0991 e. The van der Waals surface area contributed by atoms with E-state index in [1.165, 1.54) is 12.8 Å². The number of unbranched alkanes of at least 4 members (excludes halogenated alkanes) is 2. The number of hydrogen-bond acceptors (Lipinski definition) is 4. The molecule has 0 heterocycles. The summed E-state index contributed by atoms with van der Waals surface area (Å²) >= 11 is 0. The fourth-order valence-electron chi connectivity index (χ4n) is 2.35. The zero-order valence-electron chi connectivity index (χ0n) is 12.8. The van der Waals surface area contributed by atoms with Gasteiger partial charge < -0.3 is 19.5 Å². The number of methoxy groups -OCH3 is 1. The van der Waals surface area contributed by atoms with Crippen LogP contribution in [0.2, 0.25) is 0 Å². The fraction of sp³-hybridized carbons (Fsp3) is 1.00. The minimum Gasteiger partial charge on any atom is -0.382 e. The van der Waals surface area contributed by atoms with Gasteiger partial charge in [0, 0.05) is 19.8 Å². The second kappa shape index (κ2) is 10.6. The molecule has 4 nitrogen and oxygen atoms in total. The van der Waals surface area contributed by atoms with Gasteiger partial charge in [-0.15, -0.1) is 0 Å². The molecule has 0 aromatic rings. The van der Waals surface area contributed by atoms with Gasteiger partial charge in [-0.25, -0.2) is 0 Å². The van der Waals surface area contributed by atoms with Crippen LogP contribution < -0.4 is 5.32 Å². The van der Waals surface area contributed by atoms with E-state index in [1.807, 2.05) is 0 Å². The number of nitrogens with one attached hydrogen (secondary N) is 1. The summed E-state index contributed by atoms with van der Waals surface area (Å²) in [6, 6.07) is 0.452. The van der Waals surface area contributed by atoms with Gasteiger partial charge in [0.1, 0.15) is 0 Å². The summed E-state index contributed by atoms with van der Waals surface area (Å²) < 4.78 is 16.9. The highest BCUT2D eigenvalue weighted by Gasteiger charge is 2.42. The third-order valence-corrected chi connectivity index (χ3v) is 3.58. The lowest BCUT2D eigenvalue weighted by molar-refractivity contribution is -0.152. The molecule has 19 heavy (non-hydrogen) atoms. The molecule has 0 aromatic carbocycles. The molecule has 1 rings (SSSR count). The van der Waals surface area contributed by atoms with Crippen molar-refractivity contribution in [3.8, 4) is 0 Å². The summed E-state index contributed by atoms with van der Waals surface area (Å²) in [6.07, 6.45) is 6.34. The number of rotatable bonds is 12. The first-order valence-electron chi connectivity index (χ1n) is 7.79. The molecule has 0 spiro atoms. The third kappa shape index (κ3) is 6.21. The summed E-state index contributed by atoms with van der Waals surface area (Å²) in [5.41, 5.74) is 0. The van der Waals surface area contributed by atoms with E-state index in [4.69, 9.17) is 14.2 Å². The first-order chi connectivity index (χ1) is 9.33. The molecule has 3 atom stereocenters. The van der Waals surface area contributed by atoms with Crippen molar-refractivity contribution in [3.05, 3.63) is 0 Å². The Morgan fingerprint density at radius 3 is 2.53 bits per heavy atom. The minimum absolute atomic E-state index is 0.198. The van der Waals surface area contributed by atoms with E-state index in [0.717, 1.165) is 32.4 Å². The Morgan fingerprint density at radius 1 is 1.00 bits per heavy atom. The van der Waals surface area contributed by atoms with Crippen LogP contribution >= 0.6 is 0 Å². The van der Waals surface area contributed by atoms with Crippen molar-refractivity contribution in [1.29, 1.82) is 0 Å². The molecule has 1 fully saturated rings. The Bertz CT molecular complexity index is 212. The van der Waals surface area contributed by atoms with Crippen LogP contribution in [0.3, 0.4) is 0 Å². The van der Waals surface area contributed by atoms with Gasteiger partial charge in [-0.1, -0.05) is 26.7 Å². The smallest absolute Gasteiger partial charge is 0.0991 e. The number of ether oxygens (including phenoxy) is 3. The molecule has 0 saturated heterocycles. The molecule has 1 aliphatic carbocycles. The molecular weight excluding hydrogens is 242 g/mol. The lowest BCUT2D eigenvalue weighted by atomic mass is 9.85. The topological polar surface area (TPSA) is 39.7 Å². The fourth-order valence-corrected chi connectivity index (χ4v) is 2.35. The quantitative estimate of drug-likeness (QED) is 0.554. The summed E-state index contributed by atoms with van der Waals surface area (Å²) in [7, 11) is 1.70. The molecular formula is C15H31NO3. The molecule has 0 bridgehead atoms. The van der Waals surface area contributed by atoms with Crippen LogP contribution in [0.5, 0.6) is 0 Å². The van der Waals surface area contributed by atoms with Gasteiger partial charge in [0.2, 0.25) is 0 Å². The highest BCUT2D eigenvalue weighted by atomic mass is 16.6. The SMILES string of the molecule is CCCCCOC1CC(NCCC)C1OCCOC. The zero-order valence-corrected chi connectivity index (χ0v) is 12.8. The summed E-state index contributed by atoms with van der Waals surface area (Å²) in [6.45, 7) is 7.62. The minimum atomic E-state index is 0.198. The first-order valence-corrected chi connectivity index (χ1v) is 7.79. The Kier molecular flexibility index (Phi) is 9.43. The Balaban J connectivity index is 2.22. The summed E-state index contributed by atoms with van der Waals surface area (Å²) in [5, 5.41) is 3.53. The average molecular weight is 273 g/mol. The van der Waals surface area contributed by atoms with Gasteiger partial charge in [0.05, 0.1) is 25.4 Å². The van der Waals surface area contributed by atoms with Crippen molar-refractivity contribution in [2.75, 3.05) is 33.5 Å². The van der Waals surface area contributed by atoms with E-state index in [1.54, 1.807) is 7.11 Å². The van der Waals surface area contributed by atoms with Gasteiger partial charge in [0.25, 0.3) is 0 Å². The van der Waals surface area contributed by atoms with Crippen molar-refractivity contribution >= 4 is 0 Å². The van der Waals surface area contributed by atoms with Crippen molar-refractivity contribution in [2.45, 2.75) is 64.2 Å². The molecule has 1 N–H and O–H groups in total. The predicted octanol–water partition coefficient (Wildman–Crippen LogP) is 2.37. The van der Waals surface area contributed by atoms with Gasteiger partial charge in [-0.2, -0.15) is 0 Å². The third-order valence-electron chi connectivity index (χ3n) is 3.58. The molecule has 0 aromatic heterocycles. The van der Waals surface area contributed by atoms with E-state index in [9.17, 15) is 0 Å². The Hall–Kier alpha value is -0.160. The maximum atomic E-state index is 5.93. The van der Waals surface area contributed by atoms with Crippen molar-refractivity contribution < 1.29 is 14.2 Å². The van der Waals surface area contributed by atoms with E-state index >= 15 is 0 Å². The zero-order chi connectivity index (χ0) is 13.9. The van der Waals surface area contributed by atoms with Crippen LogP contribution in [0.4, 0.5) is 0 Å². The van der Waals surface area contributed by atoms with E-state index < -0.39 is 0 Å². The maximum absolute atomic E-state index is 5.93. The Labute approximate surface area is 118 Å². The standard InChI is InChI=1S/C15H31NO3/c1-4-6-7-9-18-14-12-13(16-8-5-2)15(14)19-11-10-17-3/h13-16H,4-12H2,1-3H3. The van der Waals surface area contributed by atoms with Crippen molar-refractivity contribution in [1.82, 2.24) is 5.32 Å². The first kappa shape index (κ1) is 16.9. The van der Waals surface area contributed by atoms with Crippen molar-refractivity contribution in [3.63, 3.8) is 0 Å². The highest BCUT2D eigenvalue weighted by molar-refractivity contribution is 4.97. The Morgan fingerprint density at radius 2 is 1.84 bits per heavy atom. The molecule has 1 saturated carbocycles. The highest BCUT2D eigenvalue weighted by Crippen LogP contribution is 2.27. The van der Waals surface area contributed by atoms with E-state index in [2.05, 4.69) is 19.2 Å². The van der Waals surface area contributed by atoms with Crippen LogP contribution in [-0.2, 0) is 14.2 Å².